The van der Waals surface area contributed by atoms with Crippen molar-refractivity contribution < 1.29 is 22.0 Å². The van der Waals surface area contributed by atoms with Crippen LogP contribution in [0.5, 0.6) is 0 Å². The maximum Gasteiger partial charge on any atom is 0.255 e. The van der Waals surface area contributed by atoms with Crippen molar-refractivity contribution in [2.45, 2.75) is 31.2 Å². The van der Waals surface area contributed by atoms with Crippen LogP contribution in [0.4, 0.5) is 5.69 Å². The molecule has 0 radical (unpaired) electrons. The van der Waals surface area contributed by atoms with Crippen LogP contribution in [0.3, 0.4) is 0 Å². The van der Waals surface area contributed by atoms with Gasteiger partial charge in [-0.15, -0.1) is 0 Å². The summed E-state index contributed by atoms with van der Waals surface area (Å²) in [4.78, 5) is 17.1. The number of anilines is 1. The first-order chi connectivity index (χ1) is 14.8. The minimum absolute atomic E-state index is 0.0137. The van der Waals surface area contributed by atoms with Gasteiger partial charge in [0, 0.05) is 17.2 Å². The Bertz CT molecular complexity index is 1320. The lowest BCUT2D eigenvalue weighted by atomic mass is 10.2. The predicted octanol–water partition coefficient (Wildman–Crippen LogP) is 4.28. The van der Waals surface area contributed by atoms with Gasteiger partial charge in [-0.05, 0) is 48.5 Å². The summed E-state index contributed by atoms with van der Waals surface area (Å²) >= 11 is 0. The number of benzene rings is 2. The number of nitrogens with zero attached hydrogens (tertiary/aromatic N) is 1. The quantitative estimate of drug-likeness (QED) is 0.444. The van der Waals surface area contributed by atoms with Crippen LogP contribution in [0.25, 0.3) is 11.1 Å². The molecule has 0 aliphatic rings. The number of nitrogens with one attached hydrogen (secondary N) is 2. The van der Waals surface area contributed by atoms with Crippen LogP contribution in [0.1, 0.15) is 41.8 Å². The van der Waals surface area contributed by atoms with Gasteiger partial charge in [0.05, 0.1) is 17.7 Å². The Morgan fingerprint density at radius 1 is 1.10 bits per heavy atom. The van der Waals surface area contributed by atoms with Crippen molar-refractivity contribution >= 4 is 32.7 Å². The summed E-state index contributed by atoms with van der Waals surface area (Å²) in [5.74, 6) is 0.825. The van der Waals surface area contributed by atoms with E-state index in [2.05, 4.69) is 15.0 Å². The summed E-state index contributed by atoms with van der Waals surface area (Å²) in [6, 6.07) is 14.3. The molecule has 0 spiro atoms. The summed E-state index contributed by atoms with van der Waals surface area (Å²) in [6.07, 6.45) is 1.47. The SMILES string of the molecule is CC(C)c1nc2cc(NC(=O)c3cccc(S(=O)(=O)NCc4ccco4)c3)ccc2o1. The number of carbonyl (C=O) groups is 1. The van der Waals surface area contributed by atoms with Crippen LogP contribution in [0.15, 0.2) is 74.6 Å². The van der Waals surface area contributed by atoms with Crippen molar-refractivity contribution in [3.8, 4) is 0 Å². The number of carbonyl (C=O) groups excluding carboxylic acids is 1. The highest BCUT2D eigenvalue weighted by Crippen LogP contribution is 2.24. The van der Waals surface area contributed by atoms with Crippen LogP contribution in [0.2, 0.25) is 0 Å². The fourth-order valence-corrected chi connectivity index (χ4v) is 3.98. The Kier molecular flexibility index (Phi) is 5.62. The Morgan fingerprint density at radius 3 is 2.68 bits per heavy atom. The molecule has 0 saturated heterocycles. The highest BCUT2D eigenvalue weighted by atomic mass is 32.2. The lowest BCUT2D eigenvalue weighted by molar-refractivity contribution is 0.102. The maximum atomic E-state index is 12.7. The molecule has 0 bridgehead atoms. The molecule has 2 N–H and O–H groups in total. The van der Waals surface area contributed by atoms with Gasteiger partial charge in [-0.1, -0.05) is 19.9 Å². The van der Waals surface area contributed by atoms with E-state index in [-0.39, 0.29) is 22.9 Å². The number of aromatic nitrogens is 1. The Labute approximate surface area is 179 Å². The van der Waals surface area contributed by atoms with Crippen LogP contribution in [-0.4, -0.2) is 19.3 Å². The zero-order chi connectivity index (χ0) is 22.0. The monoisotopic (exact) mass is 439 g/mol. The molecule has 2 aromatic heterocycles. The van der Waals surface area contributed by atoms with E-state index in [0.29, 0.717) is 28.4 Å². The van der Waals surface area contributed by atoms with Crippen molar-refractivity contribution in [3.63, 3.8) is 0 Å². The molecule has 4 rings (SSSR count). The molecule has 2 heterocycles. The highest BCUT2D eigenvalue weighted by molar-refractivity contribution is 7.89. The number of hydrogen-bond acceptors (Lipinski definition) is 6. The number of sulfonamides is 1. The highest BCUT2D eigenvalue weighted by Gasteiger charge is 2.17. The number of furan rings is 1. The van der Waals surface area contributed by atoms with Crippen molar-refractivity contribution in [1.82, 2.24) is 9.71 Å². The molecule has 2 aromatic carbocycles. The largest absolute Gasteiger partial charge is 0.468 e. The van der Waals surface area contributed by atoms with Crippen molar-refractivity contribution in [2.24, 2.45) is 0 Å². The predicted molar refractivity (Wildman–Crippen MR) is 115 cm³/mol. The third-order valence-electron chi connectivity index (χ3n) is 4.58. The van der Waals surface area contributed by atoms with E-state index in [1.165, 1.54) is 24.5 Å². The van der Waals surface area contributed by atoms with Gasteiger partial charge < -0.3 is 14.2 Å². The Morgan fingerprint density at radius 2 is 1.94 bits per heavy atom. The Hall–Kier alpha value is -3.43. The number of rotatable bonds is 7. The molecular formula is C22H21N3O5S. The van der Waals surface area contributed by atoms with Crippen molar-refractivity contribution in [2.75, 3.05) is 5.32 Å². The molecule has 9 heteroatoms. The van der Waals surface area contributed by atoms with Crippen molar-refractivity contribution in [3.05, 3.63) is 78.1 Å². The topological polar surface area (TPSA) is 114 Å². The standard InChI is InChI=1S/C22H21N3O5S/c1-14(2)22-25-19-12-16(8-9-20(19)30-22)24-21(26)15-5-3-7-18(11-15)31(27,28)23-13-17-6-4-10-29-17/h3-12,14,23H,13H2,1-2H3,(H,24,26). The molecule has 0 unspecified atom stereocenters. The first-order valence-electron chi connectivity index (χ1n) is 9.66. The fraction of sp³-hybridized carbons (Fsp3) is 0.182. The molecule has 0 saturated carbocycles. The summed E-state index contributed by atoms with van der Waals surface area (Å²) in [7, 11) is -3.81. The van der Waals surface area contributed by atoms with E-state index >= 15 is 0 Å². The molecule has 0 aliphatic carbocycles. The smallest absolute Gasteiger partial charge is 0.255 e. The average Bonchev–Trinajstić information content (AvgIpc) is 3.42. The third-order valence-corrected chi connectivity index (χ3v) is 5.98. The molecule has 8 nitrogen and oxygen atoms in total. The molecule has 0 atom stereocenters. The van der Waals surface area contributed by atoms with Crippen LogP contribution >= 0.6 is 0 Å². The van der Waals surface area contributed by atoms with Crippen LogP contribution < -0.4 is 10.0 Å². The van der Waals surface area contributed by atoms with Gasteiger partial charge in [-0.2, -0.15) is 0 Å². The van der Waals surface area contributed by atoms with Crippen LogP contribution in [-0.2, 0) is 16.6 Å². The summed E-state index contributed by atoms with van der Waals surface area (Å²) in [5.41, 5.74) is 2.02. The molecule has 0 fully saturated rings. The molecule has 160 valence electrons. The second-order valence-corrected chi connectivity index (χ2v) is 9.04. The van der Waals surface area contributed by atoms with E-state index in [1.807, 2.05) is 13.8 Å². The minimum atomic E-state index is -3.81. The van der Waals surface area contributed by atoms with Gasteiger partial charge in [-0.25, -0.2) is 18.1 Å². The fourth-order valence-electron chi connectivity index (χ4n) is 2.94. The van der Waals surface area contributed by atoms with Gasteiger partial charge in [0.25, 0.3) is 5.91 Å². The number of hydrogen-bond donors (Lipinski definition) is 2. The first-order valence-corrected chi connectivity index (χ1v) is 11.1. The second-order valence-electron chi connectivity index (χ2n) is 7.28. The van der Waals surface area contributed by atoms with Crippen LogP contribution in [0, 0.1) is 0 Å². The second kappa shape index (κ2) is 8.37. The number of amides is 1. The van der Waals surface area contributed by atoms with E-state index in [9.17, 15) is 13.2 Å². The van der Waals surface area contributed by atoms with Gasteiger partial charge in [0.15, 0.2) is 11.5 Å². The van der Waals surface area contributed by atoms with E-state index in [0.717, 1.165) is 0 Å². The zero-order valence-electron chi connectivity index (χ0n) is 17.0. The molecule has 4 aromatic rings. The molecular weight excluding hydrogens is 418 g/mol. The number of oxazole rings is 1. The van der Waals surface area contributed by atoms with E-state index in [1.54, 1.807) is 36.4 Å². The average molecular weight is 439 g/mol. The van der Waals surface area contributed by atoms with E-state index < -0.39 is 15.9 Å². The summed E-state index contributed by atoms with van der Waals surface area (Å²) in [6.45, 7) is 3.98. The minimum Gasteiger partial charge on any atom is -0.468 e. The third kappa shape index (κ3) is 4.68. The molecule has 31 heavy (non-hydrogen) atoms. The summed E-state index contributed by atoms with van der Waals surface area (Å²) < 4.78 is 38.4. The number of fused-ring (bicyclic) bond motifs is 1. The van der Waals surface area contributed by atoms with Gasteiger partial charge >= 0.3 is 0 Å². The first kappa shape index (κ1) is 20.8. The zero-order valence-corrected chi connectivity index (χ0v) is 17.8. The Balaban J connectivity index is 1.50. The molecule has 1 amide bonds. The van der Waals surface area contributed by atoms with Gasteiger partial charge in [0.1, 0.15) is 11.3 Å². The lowest BCUT2D eigenvalue weighted by Crippen LogP contribution is -2.23. The maximum absolute atomic E-state index is 12.7. The summed E-state index contributed by atoms with van der Waals surface area (Å²) in [5, 5.41) is 2.77. The van der Waals surface area contributed by atoms with Gasteiger partial charge in [0.2, 0.25) is 10.0 Å². The lowest BCUT2D eigenvalue weighted by Gasteiger charge is -2.08. The normalized spacial score (nSPS) is 11.8. The van der Waals surface area contributed by atoms with Crippen molar-refractivity contribution in [1.29, 1.82) is 0 Å². The molecule has 0 aliphatic heterocycles. The van der Waals surface area contributed by atoms with Gasteiger partial charge in [-0.3, -0.25) is 4.79 Å². The van der Waals surface area contributed by atoms with E-state index in [4.69, 9.17) is 8.83 Å².